The molecule has 24 heavy (non-hydrogen) atoms. The smallest absolute Gasteiger partial charge is 0.228 e. The van der Waals surface area contributed by atoms with Gasteiger partial charge in [-0.15, -0.1) is 0 Å². The van der Waals surface area contributed by atoms with E-state index in [2.05, 4.69) is 5.32 Å². The molecule has 0 spiro atoms. The van der Waals surface area contributed by atoms with Crippen LogP contribution >= 0.6 is 0 Å². The van der Waals surface area contributed by atoms with Crippen LogP contribution in [0.2, 0.25) is 0 Å². The third-order valence-electron chi connectivity index (χ3n) is 3.66. The highest BCUT2D eigenvalue weighted by Crippen LogP contribution is 2.23. The Balaban J connectivity index is 1.64. The number of furan rings is 1. The average Bonchev–Trinajstić information content (AvgIpc) is 2.96. The molecule has 1 amide bonds. The molecular formula is C19H19NO4. The lowest BCUT2D eigenvalue weighted by Crippen LogP contribution is -2.14. The summed E-state index contributed by atoms with van der Waals surface area (Å²) in [5.41, 5.74) is 3.48. The number of nitrogens with one attached hydrogen (secondary N) is 1. The summed E-state index contributed by atoms with van der Waals surface area (Å²) < 4.78 is 10.8. The first-order valence-electron chi connectivity index (χ1n) is 7.76. The van der Waals surface area contributed by atoms with Crippen molar-refractivity contribution in [3.63, 3.8) is 0 Å². The van der Waals surface area contributed by atoms with E-state index >= 15 is 0 Å². The number of hydrogen-bond donors (Lipinski definition) is 2. The molecule has 0 fully saturated rings. The van der Waals surface area contributed by atoms with E-state index in [1.807, 2.05) is 25.1 Å². The predicted molar refractivity (Wildman–Crippen MR) is 92.3 cm³/mol. The van der Waals surface area contributed by atoms with Gasteiger partial charge in [-0.05, 0) is 42.8 Å². The summed E-state index contributed by atoms with van der Waals surface area (Å²) in [6, 6.07) is 13.0. The first-order chi connectivity index (χ1) is 11.7. The number of hydrogen-bond acceptors (Lipinski definition) is 4. The van der Waals surface area contributed by atoms with Gasteiger partial charge in [0.05, 0.1) is 19.3 Å². The second-order valence-corrected chi connectivity index (χ2v) is 5.58. The maximum atomic E-state index is 12.2. The summed E-state index contributed by atoms with van der Waals surface area (Å²) in [5.74, 6) is 0.542. The Morgan fingerprint density at radius 2 is 2.00 bits per heavy atom. The summed E-state index contributed by atoms with van der Waals surface area (Å²) in [5, 5.41) is 12.5. The first kappa shape index (κ1) is 16.1. The lowest BCUT2D eigenvalue weighted by atomic mass is 10.1. The Morgan fingerprint density at radius 3 is 2.75 bits per heavy atom. The summed E-state index contributed by atoms with van der Waals surface area (Å²) in [6.07, 6.45) is 1.88. The first-order valence-corrected chi connectivity index (χ1v) is 7.76. The highest BCUT2D eigenvalue weighted by molar-refractivity contribution is 5.95. The molecule has 0 atom stereocenters. The molecule has 5 heteroatoms. The minimum Gasteiger partial charge on any atom is -0.491 e. The van der Waals surface area contributed by atoms with Gasteiger partial charge >= 0.3 is 0 Å². The molecular weight excluding hydrogens is 306 g/mol. The van der Waals surface area contributed by atoms with Crippen molar-refractivity contribution in [1.29, 1.82) is 0 Å². The van der Waals surface area contributed by atoms with Gasteiger partial charge in [0.25, 0.3) is 0 Å². The maximum absolute atomic E-state index is 12.2. The number of fused-ring (bicyclic) bond motifs is 1. The van der Waals surface area contributed by atoms with Crippen LogP contribution in [0.3, 0.4) is 0 Å². The van der Waals surface area contributed by atoms with Gasteiger partial charge in [-0.25, -0.2) is 0 Å². The van der Waals surface area contributed by atoms with Crippen molar-refractivity contribution in [2.24, 2.45) is 0 Å². The van der Waals surface area contributed by atoms with Crippen molar-refractivity contribution < 1.29 is 19.1 Å². The fraction of sp³-hybridized carbons (Fsp3) is 0.211. The zero-order valence-electron chi connectivity index (χ0n) is 13.4. The number of aryl methyl sites for hydroxylation is 1. The molecule has 0 aliphatic rings. The van der Waals surface area contributed by atoms with Crippen molar-refractivity contribution in [2.75, 3.05) is 18.5 Å². The van der Waals surface area contributed by atoms with Crippen LogP contribution in [-0.2, 0) is 11.2 Å². The maximum Gasteiger partial charge on any atom is 0.228 e. The molecule has 0 unspecified atom stereocenters. The number of benzene rings is 2. The van der Waals surface area contributed by atoms with E-state index < -0.39 is 0 Å². The van der Waals surface area contributed by atoms with Gasteiger partial charge in [0, 0.05) is 16.6 Å². The molecule has 2 N–H and O–H groups in total. The van der Waals surface area contributed by atoms with Crippen LogP contribution in [0, 0.1) is 6.92 Å². The van der Waals surface area contributed by atoms with Gasteiger partial charge in [-0.3, -0.25) is 4.79 Å². The monoisotopic (exact) mass is 325 g/mol. The number of amides is 1. The Morgan fingerprint density at radius 1 is 1.21 bits per heavy atom. The number of ether oxygens (including phenoxy) is 1. The van der Waals surface area contributed by atoms with Crippen LogP contribution in [0.4, 0.5) is 5.69 Å². The molecule has 0 aliphatic carbocycles. The number of aliphatic hydroxyl groups excluding tert-OH is 1. The molecule has 0 radical (unpaired) electrons. The Bertz CT molecular complexity index is 836. The van der Waals surface area contributed by atoms with Crippen molar-refractivity contribution >= 4 is 22.6 Å². The minimum atomic E-state index is -0.109. The topological polar surface area (TPSA) is 71.7 Å². The minimum absolute atomic E-state index is 0.0311. The standard InChI is InChI=1S/C19H19NO4/c1-13-2-7-17-14(12-24-18(17)10-13)11-19(22)20-15-3-5-16(6-4-15)23-9-8-21/h2-7,10,12,21H,8-9,11H2,1H3,(H,20,22). The zero-order chi connectivity index (χ0) is 16.9. The third-order valence-corrected chi connectivity index (χ3v) is 3.66. The van der Waals surface area contributed by atoms with Crippen LogP contribution in [0.15, 0.2) is 53.1 Å². The highest BCUT2D eigenvalue weighted by Gasteiger charge is 2.11. The van der Waals surface area contributed by atoms with Crippen molar-refractivity contribution in [2.45, 2.75) is 13.3 Å². The van der Waals surface area contributed by atoms with E-state index in [0.717, 1.165) is 22.1 Å². The van der Waals surface area contributed by atoms with Crippen molar-refractivity contribution in [3.8, 4) is 5.75 Å². The van der Waals surface area contributed by atoms with Crippen LogP contribution in [0.1, 0.15) is 11.1 Å². The van der Waals surface area contributed by atoms with Crippen LogP contribution < -0.4 is 10.1 Å². The molecule has 2 aromatic carbocycles. The molecule has 3 aromatic rings. The summed E-state index contributed by atoms with van der Waals surface area (Å²) in [6.45, 7) is 2.22. The van der Waals surface area contributed by atoms with Crippen molar-refractivity contribution in [1.82, 2.24) is 0 Å². The fourth-order valence-corrected chi connectivity index (χ4v) is 2.50. The summed E-state index contributed by atoms with van der Waals surface area (Å²) >= 11 is 0. The molecule has 0 bridgehead atoms. The van der Waals surface area contributed by atoms with E-state index in [4.69, 9.17) is 14.3 Å². The van der Waals surface area contributed by atoms with Crippen molar-refractivity contribution in [3.05, 3.63) is 59.9 Å². The molecule has 0 aliphatic heterocycles. The van der Waals surface area contributed by atoms with Gasteiger partial charge < -0.3 is 19.6 Å². The van der Waals surface area contributed by atoms with E-state index in [1.165, 1.54) is 0 Å². The van der Waals surface area contributed by atoms with E-state index in [9.17, 15) is 4.79 Å². The second kappa shape index (κ2) is 7.19. The van der Waals surface area contributed by atoms with Gasteiger partial charge in [-0.1, -0.05) is 12.1 Å². The Labute approximate surface area is 139 Å². The van der Waals surface area contributed by atoms with Crippen LogP contribution in [0.25, 0.3) is 11.0 Å². The number of carbonyl (C=O) groups is 1. The third kappa shape index (κ3) is 3.75. The molecule has 1 heterocycles. The quantitative estimate of drug-likeness (QED) is 0.729. The molecule has 0 saturated carbocycles. The predicted octanol–water partition coefficient (Wildman–Crippen LogP) is 3.29. The van der Waals surface area contributed by atoms with Gasteiger partial charge in [0.15, 0.2) is 0 Å². The normalized spacial score (nSPS) is 10.8. The van der Waals surface area contributed by atoms with Gasteiger partial charge in [0.2, 0.25) is 5.91 Å². The van der Waals surface area contributed by atoms with Gasteiger partial charge in [0.1, 0.15) is 17.9 Å². The highest BCUT2D eigenvalue weighted by atomic mass is 16.5. The lowest BCUT2D eigenvalue weighted by Gasteiger charge is -2.07. The number of aliphatic hydroxyl groups is 1. The SMILES string of the molecule is Cc1ccc2c(CC(=O)Nc3ccc(OCCO)cc3)coc2c1. The molecule has 124 valence electrons. The average molecular weight is 325 g/mol. The van der Waals surface area contributed by atoms with Gasteiger partial charge in [-0.2, -0.15) is 0 Å². The molecule has 0 saturated heterocycles. The Kier molecular flexibility index (Phi) is 4.82. The Hall–Kier alpha value is -2.79. The zero-order valence-corrected chi connectivity index (χ0v) is 13.4. The van der Waals surface area contributed by atoms with E-state index in [-0.39, 0.29) is 25.5 Å². The number of anilines is 1. The van der Waals surface area contributed by atoms with E-state index in [1.54, 1.807) is 30.5 Å². The molecule has 3 rings (SSSR count). The molecule has 5 nitrogen and oxygen atoms in total. The largest absolute Gasteiger partial charge is 0.491 e. The second-order valence-electron chi connectivity index (χ2n) is 5.58. The fourth-order valence-electron chi connectivity index (χ4n) is 2.50. The summed E-state index contributed by atoms with van der Waals surface area (Å²) in [4.78, 5) is 12.2. The number of rotatable bonds is 6. The van der Waals surface area contributed by atoms with Crippen LogP contribution in [0.5, 0.6) is 5.75 Å². The van der Waals surface area contributed by atoms with Crippen LogP contribution in [-0.4, -0.2) is 24.2 Å². The lowest BCUT2D eigenvalue weighted by molar-refractivity contribution is -0.115. The van der Waals surface area contributed by atoms with E-state index in [0.29, 0.717) is 11.4 Å². The number of carbonyl (C=O) groups excluding carboxylic acids is 1. The molecule has 1 aromatic heterocycles. The summed E-state index contributed by atoms with van der Waals surface area (Å²) in [7, 11) is 0.